The van der Waals surface area contributed by atoms with Crippen LogP contribution in [0.4, 0.5) is 35.2 Å². The third kappa shape index (κ3) is 5.56. The van der Waals surface area contributed by atoms with Gasteiger partial charge in [0.1, 0.15) is 0 Å². The Bertz CT molecular complexity index is 1580. The Morgan fingerprint density at radius 1 is 0.947 bits per heavy atom. The van der Waals surface area contributed by atoms with Gasteiger partial charge in [0, 0.05) is 47.9 Å². The number of nitrogens with zero attached hydrogens (tertiary/aromatic N) is 4. The van der Waals surface area contributed by atoms with Gasteiger partial charge in [-0.25, -0.2) is 14.8 Å². The van der Waals surface area contributed by atoms with Crippen LogP contribution in [0.2, 0.25) is 0 Å². The lowest BCUT2D eigenvalue weighted by Crippen LogP contribution is -2.19. The van der Waals surface area contributed by atoms with Gasteiger partial charge in [-0.2, -0.15) is 13.2 Å². The van der Waals surface area contributed by atoms with Gasteiger partial charge in [-0.05, 0) is 55.0 Å². The van der Waals surface area contributed by atoms with Crippen molar-refractivity contribution in [1.29, 1.82) is 0 Å². The van der Waals surface area contributed by atoms with E-state index in [4.69, 9.17) is 4.98 Å². The molecule has 0 saturated carbocycles. The number of pyridine rings is 1. The summed E-state index contributed by atoms with van der Waals surface area (Å²) in [6.45, 7) is 2.01. The van der Waals surface area contributed by atoms with Gasteiger partial charge in [-0.3, -0.25) is 4.98 Å². The number of anilines is 3. The smallest absolute Gasteiger partial charge is 0.360 e. The molecule has 0 fully saturated rings. The highest BCUT2D eigenvalue weighted by Crippen LogP contribution is 2.31. The average Bonchev–Trinajstić information content (AvgIpc) is 3.38. The number of rotatable bonds is 6. The molecule has 8 nitrogen and oxygen atoms in total. The predicted octanol–water partition coefficient (Wildman–Crippen LogP) is 6.63. The van der Waals surface area contributed by atoms with Gasteiger partial charge in [-0.15, -0.1) is 0 Å². The molecule has 2 amide bonds. The van der Waals surface area contributed by atoms with E-state index in [1.165, 1.54) is 12.1 Å². The van der Waals surface area contributed by atoms with E-state index in [0.29, 0.717) is 22.8 Å². The Labute approximate surface area is 215 Å². The number of hydrogen-bond acceptors (Lipinski definition) is 5. The summed E-state index contributed by atoms with van der Waals surface area (Å²) >= 11 is 0. The molecule has 0 aliphatic rings. The number of fused-ring (bicyclic) bond motifs is 1. The number of aromatic nitrogens is 4. The van der Waals surface area contributed by atoms with Crippen LogP contribution in [0, 0.1) is 0 Å². The molecule has 192 valence electrons. The van der Waals surface area contributed by atoms with Crippen LogP contribution in [0.1, 0.15) is 24.1 Å². The zero-order valence-corrected chi connectivity index (χ0v) is 20.1. The third-order valence-corrected chi connectivity index (χ3v) is 5.80. The lowest BCUT2D eigenvalue weighted by Gasteiger charge is -2.16. The number of urea groups is 1. The number of nitrogens with one attached hydrogen (secondary N) is 3. The van der Waals surface area contributed by atoms with Gasteiger partial charge in [0.05, 0.1) is 17.3 Å². The molecule has 3 heterocycles. The van der Waals surface area contributed by atoms with Crippen molar-refractivity contribution in [2.45, 2.75) is 19.1 Å². The lowest BCUT2D eigenvalue weighted by molar-refractivity contribution is -0.137. The number of benzene rings is 2. The van der Waals surface area contributed by atoms with Crippen LogP contribution in [0.3, 0.4) is 0 Å². The molecule has 11 heteroatoms. The second-order valence-electron chi connectivity index (χ2n) is 8.52. The third-order valence-electron chi connectivity index (χ3n) is 5.80. The van der Waals surface area contributed by atoms with E-state index in [1.54, 1.807) is 36.8 Å². The van der Waals surface area contributed by atoms with Crippen molar-refractivity contribution in [2.75, 3.05) is 16.0 Å². The predicted molar refractivity (Wildman–Crippen MR) is 139 cm³/mol. The molecule has 3 aromatic heterocycles. The summed E-state index contributed by atoms with van der Waals surface area (Å²) in [5.41, 5.74) is 2.66. The van der Waals surface area contributed by atoms with E-state index >= 15 is 0 Å². The number of alkyl halides is 3. The van der Waals surface area contributed by atoms with Crippen LogP contribution in [0.25, 0.3) is 16.9 Å². The number of carbonyl (C=O) groups is 1. The molecular formula is C27H22F3N7O. The first-order valence-corrected chi connectivity index (χ1v) is 11.6. The molecule has 2 aromatic carbocycles. The highest BCUT2D eigenvalue weighted by molar-refractivity contribution is 6.00. The van der Waals surface area contributed by atoms with Crippen molar-refractivity contribution in [2.24, 2.45) is 0 Å². The minimum absolute atomic E-state index is 0.0275. The number of amides is 2. The number of imidazole rings is 1. The van der Waals surface area contributed by atoms with Crippen LogP contribution in [-0.2, 0) is 6.18 Å². The summed E-state index contributed by atoms with van der Waals surface area (Å²) in [5.74, 6) is 0.581. The first-order valence-electron chi connectivity index (χ1n) is 11.6. The molecule has 5 rings (SSSR count). The van der Waals surface area contributed by atoms with E-state index in [2.05, 4.69) is 25.9 Å². The van der Waals surface area contributed by atoms with Crippen molar-refractivity contribution >= 4 is 28.9 Å². The van der Waals surface area contributed by atoms with Crippen molar-refractivity contribution in [3.05, 3.63) is 103 Å². The summed E-state index contributed by atoms with van der Waals surface area (Å²) < 4.78 is 40.8. The Morgan fingerprint density at radius 2 is 1.66 bits per heavy atom. The molecule has 0 aliphatic carbocycles. The van der Waals surface area contributed by atoms with Gasteiger partial charge in [0.2, 0.25) is 0 Å². The molecule has 0 aliphatic heterocycles. The Morgan fingerprint density at radius 3 is 2.39 bits per heavy atom. The second kappa shape index (κ2) is 10.2. The Hall–Kier alpha value is -4.93. The highest BCUT2D eigenvalue weighted by atomic mass is 19.4. The van der Waals surface area contributed by atoms with E-state index < -0.39 is 17.8 Å². The fraction of sp³-hybridized carbons (Fsp3) is 0.111. The van der Waals surface area contributed by atoms with Crippen LogP contribution >= 0.6 is 0 Å². The molecule has 3 N–H and O–H groups in total. The van der Waals surface area contributed by atoms with Crippen molar-refractivity contribution in [3.8, 4) is 11.3 Å². The molecule has 0 bridgehead atoms. The summed E-state index contributed by atoms with van der Waals surface area (Å²) in [6, 6.07) is 14.5. The molecule has 5 aromatic rings. The zero-order chi connectivity index (χ0) is 26.7. The van der Waals surface area contributed by atoms with Gasteiger partial charge in [-0.1, -0.05) is 18.2 Å². The summed E-state index contributed by atoms with van der Waals surface area (Å²) in [7, 11) is 0. The van der Waals surface area contributed by atoms with Crippen molar-refractivity contribution in [3.63, 3.8) is 0 Å². The minimum atomic E-state index is -4.50. The molecule has 0 radical (unpaired) electrons. The van der Waals surface area contributed by atoms with Gasteiger partial charge in [0.25, 0.3) is 0 Å². The van der Waals surface area contributed by atoms with Gasteiger partial charge in [0.15, 0.2) is 11.5 Å². The molecule has 0 saturated heterocycles. The van der Waals surface area contributed by atoms with E-state index in [-0.39, 0.29) is 11.7 Å². The second-order valence-corrected chi connectivity index (χ2v) is 8.52. The SMILES string of the molecule is CC(Nc1nc(-c2cccc(NC(=O)Nc3cccc(C(F)(F)F)c3)c2)cn2ccnc12)c1ccncc1. The standard InChI is InChI=1S/C27H22F3N7O/c1-17(18-8-10-31-11-9-18)33-24-25-32-12-13-37(25)16-23(36-24)19-4-2-6-21(14-19)34-26(38)35-22-7-3-5-20(15-22)27(28,29)30/h2-17H,1H3,(H,33,36)(H2,34,35,38). The summed E-state index contributed by atoms with van der Waals surface area (Å²) in [5, 5.41) is 8.50. The van der Waals surface area contributed by atoms with Gasteiger partial charge < -0.3 is 20.4 Å². The molecule has 1 atom stereocenters. The number of halogens is 3. The largest absolute Gasteiger partial charge is 0.416 e. The number of carbonyl (C=O) groups excluding carboxylic acids is 1. The fourth-order valence-electron chi connectivity index (χ4n) is 3.93. The first kappa shape index (κ1) is 24.8. The highest BCUT2D eigenvalue weighted by Gasteiger charge is 2.30. The van der Waals surface area contributed by atoms with Crippen LogP contribution in [0.5, 0.6) is 0 Å². The van der Waals surface area contributed by atoms with E-state index in [1.807, 2.05) is 41.9 Å². The fourth-order valence-corrected chi connectivity index (χ4v) is 3.93. The molecule has 38 heavy (non-hydrogen) atoms. The number of hydrogen-bond donors (Lipinski definition) is 3. The Kier molecular flexibility index (Phi) is 6.65. The van der Waals surface area contributed by atoms with Crippen LogP contribution in [-0.4, -0.2) is 25.4 Å². The maximum absolute atomic E-state index is 13.0. The molecular weight excluding hydrogens is 495 g/mol. The normalized spacial score (nSPS) is 12.2. The van der Waals surface area contributed by atoms with E-state index in [9.17, 15) is 18.0 Å². The summed E-state index contributed by atoms with van der Waals surface area (Å²) in [4.78, 5) is 25.7. The Balaban J connectivity index is 1.36. The monoisotopic (exact) mass is 517 g/mol. The molecule has 1 unspecified atom stereocenters. The first-order chi connectivity index (χ1) is 18.3. The molecule has 0 spiro atoms. The van der Waals surface area contributed by atoms with Gasteiger partial charge >= 0.3 is 12.2 Å². The van der Waals surface area contributed by atoms with Crippen LogP contribution in [0.15, 0.2) is 91.6 Å². The summed E-state index contributed by atoms with van der Waals surface area (Å²) in [6.07, 6.45) is 4.27. The maximum Gasteiger partial charge on any atom is 0.416 e. The van der Waals surface area contributed by atoms with Crippen molar-refractivity contribution in [1.82, 2.24) is 19.4 Å². The van der Waals surface area contributed by atoms with Crippen molar-refractivity contribution < 1.29 is 18.0 Å². The zero-order valence-electron chi connectivity index (χ0n) is 20.1. The maximum atomic E-state index is 13.0. The average molecular weight is 518 g/mol. The minimum Gasteiger partial charge on any atom is -0.360 e. The van der Waals surface area contributed by atoms with Crippen LogP contribution < -0.4 is 16.0 Å². The van der Waals surface area contributed by atoms with E-state index in [0.717, 1.165) is 23.3 Å². The lowest BCUT2D eigenvalue weighted by atomic mass is 10.1. The quantitative estimate of drug-likeness (QED) is 0.235. The topological polar surface area (TPSA) is 96.2 Å².